The molecule has 0 saturated heterocycles. The lowest BCUT2D eigenvalue weighted by Gasteiger charge is -2.55. The number of rotatable bonds is 3. The van der Waals surface area contributed by atoms with Crippen LogP contribution in [0, 0.1) is 0 Å². The zero-order chi connectivity index (χ0) is 16.6. The van der Waals surface area contributed by atoms with E-state index in [-0.39, 0.29) is 11.9 Å². The van der Waals surface area contributed by atoms with E-state index in [1.807, 2.05) is 30.0 Å². The molecular weight excluding hydrogens is 290 g/mol. The highest BCUT2D eigenvalue weighted by molar-refractivity contribution is 6.01. The van der Waals surface area contributed by atoms with Crippen LogP contribution in [0.15, 0.2) is 24.3 Å². The maximum Gasteiger partial charge on any atom is 0.313 e. The Balaban J connectivity index is 2.23. The zero-order valence-corrected chi connectivity index (χ0v) is 13.9. The number of fused-ring (bicyclic) bond motifs is 1. The Kier molecular flexibility index (Phi) is 4.17. The summed E-state index contributed by atoms with van der Waals surface area (Å²) in [4.78, 5) is 27.3. The minimum absolute atomic E-state index is 0.00866. The van der Waals surface area contributed by atoms with Crippen LogP contribution in [0.5, 0.6) is 0 Å². The summed E-state index contributed by atoms with van der Waals surface area (Å²) in [6, 6.07) is 7.33. The summed E-state index contributed by atoms with van der Waals surface area (Å²) in [5, 5.41) is 10.0. The summed E-state index contributed by atoms with van der Waals surface area (Å²) < 4.78 is 0. The number of carbonyl (C=O) groups excluding carboxylic acids is 1. The van der Waals surface area contributed by atoms with Gasteiger partial charge in [0.25, 0.3) is 5.91 Å². The van der Waals surface area contributed by atoms with Crippen LogP contribution in [0.2, 0.25) is 0 Å². The van der Waals surface area contributed by atoms with Gasteiger partial charge in [0.1, 0.15) is 5.92 Å². The van der Waals surface area contributed by atoms with Crippen LogP contribution in [0.4, 0.5) is 0 Å². The van der Waals surface area contributed by atoms with Gasteiger partial charge >= 0.3 is 5.97 Å². The number of benzene rings is 1. The maximum absolute atomic E-state index is 13.2. The molecule has 2 aliphatic rings. The topological polar surface area (TPSA) is 57.6 Å². The van der Waals surface area contributed by atoms with Crippen LogP contribution in [-0.2, 0) is 4.79 Å². The molecule has 1 fully saturated rings. The summed E-state index contributed by atoms with van der Waals surface area (Å²) >= 11 is 0. The molecule has 1 aliphatic carbocycles. The van der Waals surface area contributed by atoms with Crippen molar-refractivity contribution in [3.8, 4) is 0 Å². The van der Waals surface area contributed by atoms with Gasteiger partial charge in [0, 0.05) is 11.6 Å². The molecule has 1 aromatic rings. The van der Waals surface area contributed by atoms with Crippen LogP contribution in [0.25, 0.3) is 0 Å². The third-order valence-electron chi connectivity index (χ3n) is 5.74. The van der Waals surface area contributed by atoms with Gasteiger partial charge < -0.3 is 10.0 Å². The van der Waals surface area contributed by atoms with Crippen molar-refractivity contribution in [2.45, 2.75) is 69.9 Å². The molecule has 1 saturated carbocycles. The molecule has 4 heteroatoms. The van der Waals surface area contributed by atoms with E-state index in [4.69, 9.17) is 0 Å². The van der Waals surface area contributed by atoms with Crippen molar-refractivity contribution in [3.05, 3.63) is 35.4 Å². The molecular formula is C19H25NO3. The molecule has 4 nitrogen and oxygen atoms in total. The normalized spacial score (nSPS) is 24.3. The molecule has 1 heterocycles. The van der Waals surface area contributed by atoms with Crippen LogP contribution in [0.1, 0.15) is 74.2 Å². The molecule has 0 bridgehead atoms. The van der Waals surface area contributed by atoms with Gasteiger partial charge in [-0.2, -0.15) is 0 Å². The van der Waals surface area contributed by atoms with Gasteiger partial charge in [0.2, 0.25) is 0 Å². The van der Waals surface area contributed by atoms with E-state index in [1.165, 1.54) is 0 Å². The highest BCUT2D eigenvalue weighted by Gasteiger charge is 2.55. The first kappa shape index (κ1) is 16.0. The van der Waals surface area contributed by atoms with E-state index in [1.54, 1.807) is 6.07 Å². The lowest BCUT2D eigenvalue weighted by Crippen LogP contribution is -2.63. The smallest absolute Gasteiger partial charge is 0.313 e. The fourth-order valence-corrected chi connectivity index (χ4v) is 4.58. The third kappa shape index (κ3) is 2.35. The van der Waals surface area contributed by atoms with Crippen LogP contribution in [0.3, 0.4) is 0 Å². The summed E-state index contributed by atoms with van der Waals surface area (Å²) in [5.74, 6) is -1.42. The Morgan fingerprint density at radius 3 is 2.57 bits per heavy atom. The summed E-state index contributed by atoms with van der Waals surface area (Å²) in [6.45, 7) is 4.10. The Hall–Kier alpha value is -1.84. The van der Waals surface area contributed by atoms with Crippen molar-refractivity contribution in [2.75, 3.05) is 0 Å². The second-order valence-corrected chi connectivity index (χ2v) is 6.96. The molecule has 1 aromatic carbocycles. The van der Waals surface area contributed by atoms with E-state index in [0.29, 0.717) is 11.1 Å². The Labute approximate surface area is 137 Å². The average Bonchev–Trinajstić information content (AvgIpc) is 2.55. The molecule has 0 unspecified atom stereocenters. The Morgan fingerprint density at radius 2 is 1.96 bits per heavy atom. The van der Waals surface area contributed by atoms with Gasteiger partial charge in [-0.05, 0) is 37.8 Å². The molecule has 1 amide bonds. The molecule has 124 valence electrons. The molecule has 2 atom stereocenters. The van der Waals surface area contributed by atoms with Gasteiger partial charge in [-0.3, -0.25) is 9.59 Å². The Morgan fingerprint density at radius 1 is 1.30 bits per heavy atom. The minimum Gasteiger partial charge on any atom is -0.481 e. The monoisotopic (exact) mass is 315 g/mol. The van der Waals surface area contributed by atoms with E-state index in [2.05, 4.69) is 6.92 Å². The SMILES string of the molecule is CC[C@@H](C)N1C(=O)c2ccccc2[C@H](C(=O)O)C12CCCCC2. The van der Waals surface area contributed by atoms with Gasteiger partial charge in [0.05, 0.1) is 5.54 Å². The average molecular weight is 315 g/mol. The second kappa shape index (κ2) is 5.99. The van der Waals surface area contributed by atoms with E-state index < -0.39 is 17.4 Å². The van der Waals surface area contributed by atoms with Crippen molar-refractivity contribution in [1.82, 2.24) is 4.90 Å². The van der Waals surface area contributed by atoms with E-state index in [0.717, 1.165) is 38.5 Å². The molecule has 1 spiro atoms. The molecule has 1 N–H and O–H groups in total. The quantitative estimate of drug-likeness (QED) is 0.922. The lowest BCUT2D eigenvalue weighted by atomic mass is 9.65. The minimum atomic E-state index is -0.805. The number of aliphatic carboxylic acids is 1. The number of nitrogens with zero attached hydrogens (tertiary/aromatic N) is 1. The van der Waals surface area contributed by atoms with Crippen molar-refractivity contribution < 1.29 is 14.7 Å². The van der Waals surface area contributed by atoms with Gasteiger partial charge in [0.15, 0.2) is 0 Å². The fourth-order valence-electron chi connectivity index (χ4n) is 4.58. The summed E-state index contributed by atoms with van der Waals surface area (Å²) in [6.07, 6.45) is 5.52. The van der Waals surface area contributed by atoms with Gasteiger partial charge in [-0.1, -0.05) is 44.4 Å². The van der Waals surface area contributed by atoms with Gasteiger partial charge in [-0.15, -0.1) is 0 Å². The first-order chi connectivity index (χ1) is 11.0. The van der Waals surface area contributed by atoms with E-state index in [9.17, 15) is 14.7 Å². The summed E-state index contributed by atoms with van der Waals surface area (Å²) in [7, 11) is 0. The predicted octanol–water partition coefficient (Wildman–Crippen LogP) is 3.81. The number of hydrogen-bond acceptors (Lipinski definition) is 2. The van der Waals surface area contributed by atoms with E-state index >= 15 is 0 Å². The maximum atomic E-state index is 13.2. The van der Waals surface area contributed by atoms with Crippen molar-refractivity contribution in [3.63, 3.8) is 0 Å². The molecule has 23 heavy (non-hydrogen) atoms. The largest absolute Gasteiger partial charge is 0.481 e. The zero-order valence-electron chi connectivity index (χ0n) is 13.9. The van der Waals surface area contributed by atoms with Crippen molar-refractivity contribution in [2.24, 2.45) is 0 Å². The number of hydrogen-bond donors (Lipinski definition) is 1. The molecule has 0 aromatic heterocycles. The number of carboxylic acids is 1. The van der Waals surface area contributed by atoms with Crippen LogP contribution < -0.4 is 0 Å². The summed E-state index contributed by atoms with van der Waals surface area (Å²) in [5.41, 5.74) is 0.702. The molecule has 3 rings (SSSR count). The van der Waals surface area contributed by atoms with Crippen LogP contribution >= 0.6 is 0 Å². The standard InChI is InChI=1S/C19H25NO3/c1-3-13(2)20-17(21)15-10-6-5-9-14(15)16(18(22)23)19(20)11-7-4-8-12-19/h5-6,9-10,13,16H,3-4,7-8,11-12H2,1-2H3,(H,22,23)/t13-,16-/m1/s1. The predicted molar refractivity (Wildman–Crippen MR) is 88.6 cm³/mol. The number of carboxylic acid groups (broad SMARTS) is 1. The molecule has 1 aliphatic heterocycles. The first-order valence-corrected chi connectivity index (χ1v) is 8.68. The lowest BCUT2D eigenvalue weighted by molar-refractivity contribution is -0.144. The highest BCUT2D eigenvalue weighted by atomic mass is 16.4. The number of carbonyl (C=O) groups is 2. The third-order valence-corrected chi connectivity index (χ3v) is 5.74. The van der Waals surface area contributed by atoms with Crippen molar-refractivity contribution >= 4 is 11.9 Å². The fraction of sp³-hybridized carbons (Fsp3) is 0.579. The first-order valence-electron chi connectivity index (χ1n) is 8.68. The van der Waals surface area contributed by atoms with Crippen LogP contribution in [-0.4, -0.2) is 33.5 Å². The molecule has 0 radical (unpaired) electrons. The highest BCUT2D eigenvalue weighted by Crippen LogP contribution is 2.50. The van der Waals surface area contributed by atoms with Gasteiger partial charge in [-0.25, -0.2) is 0 Å². The second-order valence-electron chi connectivity index (χ2n) is 6.96. The number of amides is 1. The Bertz CT molecular complexity index is 619. The van der Waals surface area contributed by atoms with Crippen molar-refractivity contribution in [1.29, 1.82) is 0 Å².